The van der Waals surface area contributed by atoms with Gasteiger partial charge in [-0.2, -0.15) is 26.3 Å². The number of rotatable bonds is 4. The van der Waals surface area contributed by atoms with Crippen molar-refractivity contribution < 1.29 is 56.2 Å². The van der Waals surface area contributed by atoms with Crippen LogP contribution in [0.1, 0.15) is 11.3 Å². The standard InChI is InChI=1S/C18H16F6N2O6/c19-17(20,21)8-3-7(9-4-26-12(5-25-9)18(22,23)24)1-2-10(8)31-16-15(30)14(29)13(28)11(6-27)32-16/h1-5,11,13-16,27-30H,6H2/t11?,13-,14?,15?,16+/m1/s1. The number of halogens is 6. The first kappa shape index (κ1) is 24.1. The highest BCUT2D eigenvalue weighted by molar-refractivity contribution is 5.61. The zero-order valence-electron chi connectivity index (χ0n) is 15.7. The third-order valence-corrected chi connectivity index (χ3v) is 4.61. The van der Waals surface area contributed by atoms with Crippen LogP contribution in [0.5, 0.6) is 5.75 Å². The number of aliphatic hydroxyl groups is 4. The molecule has 1 aromatic carbocycles. The maximum atomic E-state index is 13.6. The maximum Gasteiger partial charge on any atom is 0.434 e. The Morgan fingerprint density at radius 3 is 2.12 bits per heavy atom. The lowest BCUT2D eigenvalue weighted by Crippen LogP contribution is -2.60. The minimum Gasteiger partial charge on any atom is -0.461 e. The molecule has 32 heavy (non-hydrogen) atoms. The Kier molecular flexibility index (Phi) is 6.62. The van der Waals surface area contributed by atoms with Gasteiger partial charge in [0, 0.05) is 5.56 Å². The number of benzene rings is 1. The summed E-state index contributed by atoms with van der Waals surface area (Å²) in [6.45, 7) is -0.817. The van der Waals surface area contributed by atoms with E-state index in [2.05, 4.69) is 9.97 Å². The summed E-state index contributed by atoms with van der Waals surface area (Å²) in [5.41, 5.74) is -3.20. The van der Waals surface area contributed by atoms with Gasteiger partial charge < -0.3 is 29.9 Å². The third kappa shape index (κ3) is 4.94. The van der Waals surface area contributed by atoms with Gasteiger partial charge in [0.1, 0.15) is 30.2 Å². The average molecular weight is 470 g/mol. The molecule has 0 saturated carbocycles. The van der Waals surface area contributed by atoms with Crippen LogP contribution in [0.4, 0.5) is 26.3 Å². The highest BCUT2D eigenvalue weighted by atomic mass is 19.4. The smallest absolute Gasteiger partial charge is 0.434 e. The van der Waals surface area contributed by atoms with Crippen LogP contribution in [-0.4, -0.2) is 67.7 Å². The van der Waals surface area contributed by atoms with E-state index in [9.17, 15) is 41.7 Å². The van der Waals surface area contributed by atoms with E-state index in [0.717, 1.165) is 12.1 Å². The van der Waals surface area contributed by atoms with Crippen molar-refractivity contribution in [1.82, 2.24) is 9.97 Å². The Morgan fingerprint density at radius 2 is 1.59 bits per heavy atom. The summed E-state index contributed by atoms with van der Waals surface area (Å²) in [5, 5.41) is 38.6. The first-order chi connectivity index (χ1) is 14.8. The second-order valence-electron chi connectivity index (χ2n) is 6.81. The molecule has 0 amide bonds. The summed E-state index contributed by atoms with van der Waals surface area (Å²) in [6.07, 6.45) is -17.6. The molecular weight excluding hydrogens is 454 g/mol. The fourth-order valence-electron chi connectivity index (χ4n) is 2.93. The van der Waals surface area contributed by atoms with Crippen LogP contribution in [-0.2, 0) is 17.1 Å². The summed E-state index contributed by atoms with van der Waals surface area (Å²) in [4.78, 5) is 6.64. The number of hydrogen-bond donors (Lipinski definition) is 4. The van der Waals surface area contributed by atoms with Gasteiger partial charge in [-0.05, 0) is 18.2 Å². The van der Waals surface area contributed by atoms with Crippen molar-refractivity contribution in [3.05, 3.63) is 41.9 Å². The second-order valence-corrected chi connectivity index (χ2v) is 6.81. The Morgan fingerprint density at radius 1 is 0.906 bits per heavy atom. The van der Waals surface area contributed by atoms with E-state index in [1.165, 1.54) is 0 Å². The predicted molar refractivity (Wildman–Crippen MR) is 91.9 cm³/mol. The van der Waals surface area contributed by atoms with E-state index >= 15 is 0 Å². The lowest BCUT2D eigenvalue weighted by atomic mass is 9.99. The molecule has 3 rings (SSSR count). The highest BCUT2D eigenvalue weighted by Gasteiger charge is 2.46. The average Bonchev–Trinajstić information content (AvgIpc) is 2.73. The van der Waals surface area contributed by atoms with E-state index in [-0.39, 0.29) is 11.3 Å². The summed E-state index contributed by atoms with van der Waals surface area (Å²) < 4.78 is 88.7. The van der Waals surface area contributed by atoms with Gasteiger partial charge in [0.25, 0.3) is 0 Å². The fourth-order valence-corrected chi connectivity index (χ4v) is 2.93. The van der Waals surface area contributed by atoms with Gasteiger partial charge in [-0.25, -0.2) is 4.98 Å². The molecule has 2 aromatic rings. The first-order valence-electron chi connectivity index (χ1n) is 8.91. The van der Waals surface area contributed by atoms with E-state index in [1.807, 2.05) is 0 Å². The molecule has 1 aliphatic heterocycles. The zero-order chi connectivity index (χ0) is 23.8. The minimum atomic E-state index is -5.00. The van der Waals surface area contributed by atoms with Crippen molar-refractivity contribution in [3.63, 3.8) is 0 Å². The summed E-state index contributed by atoms with van der Waals surface area (Å²) in [5.74, 6) is -0.842. The van der Waals surface area contributed by atoms with Gasteiger partial charge in [0.15, 0.2) is 5.69 Å². The van der Waals surface area contributed by atoms with Crippen molar-refractivity contribution >= 4 is 0 Å². The van der Waals surface area contributed by atoms with Crippen LogP contribution in [0.25, 0.3) is 11.3 Å². The molecular formula is C18H16F6N2O6. The summed E-state index contributed by atoms with van der Waals surface area (Å²) in [6, 6.07) is 2.43. The maximum absolute atomic E-state index is 13.6. The van der Waals surface area contributed by atoms with Crippen LogP contribution in [0.15, 0.2) is 30.6 Å². The van der Waals surface area contributed by atoms with Crippen molar-refractivity contribution in [2.45, 2.75) is 43.1 Å². The van der Waals surface area contributed by atoms with Crippen LogP contribution in [0.3, 0.4) is 0 Å². The predicted octanol–water partition coefficient (Wildman–Crippen LogP) is 1.36. The lowest BCUT2D eigenvalue weighted by Gasteiger charge is -2.39. The lowest BCUT2D eigenvalue weighted by molar-refractivity contribution is -0.278. The Bertz CT molecular complexity index is 937. The van der Waals surface area contributed by atoms with Crippen LogP contribution in [0, 0.1) is 0 Å². The van der Waals surface area contributed by atoms with Crippen LogP contribution < -0.4 is 4.74 Å². The molecule has 4 N–H and O–H groups in total. The molecule has 1 aromatic heterocycles. The van der Waals surface area contributed by atoms with Gasteiger partial charge in [0.2, 0.25) is 6.29 Å². The molecule has 1 aliphatic rings. The normalized spacial score (nSPS) is 26.8. The second kappa shape index (κ2) is 8.78. The number of aromatic nitrogens is 2. The van der Waals surface area contributed by atoms with E-state index < -0.39 is 66.7 Å². The quantitative estimate of drug-likeness (QED) is 0.494. The molecule has 3 unspecified atom stereocenters. The molecule has 1 fully saturated rings. The topological polar surface area (TPSA) is 125 Å². The van der Waals surface area contributed by atoms with Gasteiger partial charge in [-0.3, -0.25) is 4.98 Å². The number of nitrogens with zero attached hydrogens (tertiary/aromatic N) is 2. The van der Waals surface area contributed by atoms with Gasteiger partial charge in [-0.15, -0.1) is 0 Å². The SMILES string of the molecule is OCC1O[C@H](Oc2ccc(-c3cnc(C(F)(F)F)cn3)cc2C(F)(F)F)C(O)C(O)[C@@H]1O. The molecule has 0 aliphatic carbocycles. The Labute approximate surface area is 175 Å². The molecule has 1 saturated heterocycles. The van der Waals surface area contributed by atoms with Gasteiger partial charge in [-0.1, -0.05) is 0 Å². The number of hydrogen-bond acceptors (Lipinski definition) is 8. The molecule has 2 heterocycles. The Balaban J connectivity index is 1.93. The number of ether oxygens (including phenoxy) is 2. The van der Waals surface area contributed by atoms with Crippen molar-refractivity contribution in [3.8, 4) is 17.0 Å². The first-order valence-corrected chi connectivity index (χ1v) is 8.91. The number of alkyl halides is 6. The molecule has 8 nitrogen and oxygen atoms in total. The highest BCUT2D eigenvalue weighted by Crippen LogP contribution is 2.40. The van der Waals surface area contributed by atoms with Crippen molar-refractivity contribution in [2.24, 2.45) is 0 Å². The molecule has 5 atom stereocenters. The van der Waals surface area contributed by atoms with Gasteiger partial charge in [0.05, 0.1) is 30.3 Å². The van der Waals surface area contributed by atoms with Gasteiger partial charge >= 0.3 is 12.4 Å². The van der Waals surface area contributed by atoms with Crippen LogP contribution in [0.2, 0.25) is 0 Å². The molecule has 0 spiro atoms. The summed E-state index contributed by atoms with van der Waals surface area (Å²) >= 11 is 0. The monoisotopic (exact) mass is 470 g/mol. The molecule has 0 bridgehead atoms. The van der Waals surface area contributed by atoms with E-state index in [1.54, 1.807) is 0 Å². The van der Waals surface area contributed by atoms with Crippen LogP contribution >= 0.6 is 0 Å². The summed E-state index contributed by atoms with van der Waals surface area (Å²) in [7, 11) is 0. The molecule has 14 heteroatoms. The largest absolute Gasteiger partial charge is 0.461 e. The van der Waals surface area contributed by atoms with Crippen molar-refractivity contribution in [1.29, 1.82) is 0 Å². The number of aliphatic hydroxyl groups excluding tert-OH is 4. The Hall–Kier alpha value is -2.52. The van der Waals surface area contributed by atoms with E-state index in [0.29, 0.717) is 18.5 Å². The fraction of sp³-hybridized carbons (Fsp3) is 0.444. The molecule has 0 radical (unpaired) electrons. The van der Waals surface area contributed by atoms with E-state index in [4.69, 9.17) is 14.6 Å². The minimum absolute atomic E-state index is 0.222. The third-order valence-electron chi connectivity index (χ3n) is 4.61. The zero-order valence-corrected chi connectivity index (χ0v) is 15.7. The molecule has 176 valence electrons. The van der Waals surface area contributed by atoms with Crippen molar-refractivity contribution in [2.75, 3.05) is 6.61 Å².